The lowest BCUT2D eigenvalue weighted by atomic mass is 10.1. The van der Waals surface area contributed by atoms with Crippen molar-refractivity contribution in [2.45, 2.75) is 6.92 Å². The summed E-state index contributed by atoms with van der Waals surface area (Å²) in [7, 11) is 3.05. The molecule has 8 heteroatoms. The predicted molar refractivity (Wildman–Crippen MR) is 120 cm³/mol. The van der Waals surface area contributed by atoms with Crippen molar-refractivity contribution in [3.05, 3.63) is 53.3 Å². The minimum atomic E-state index is -0.216. The van der Waals surface area contributed by atoms with Crippen LogP contribution in [-0.4, -0.2) is 72.3 Å². The monoisotopic (exact) mass is 427 g/mol. The molecule has 0 N–H and O–H groups in total. The summed E-state index contributed by atoms with van der Waals surface area (Å²) in [6.45, 7) is 7.32. The summed E-state index contributed by atoms with van der Waals surface area (Å²) in [5.74, 6) is -0.216. The lowest BCUT2D eigenvalue weighted by molar-refractivity contribution is -0.0756. The average Bonchev–Trinajstić information content (AvgIpc) is 3.21. The largest absolute Gasteiger partial charge is 0.368 e. The molecule has 1 aliphatic heterocycles. The summed E-state index contributed by atoms with van der Waals surface area (Å²) in [5, 5.41) is 1.91. The van der Waals surface area contributed by atoms with Gasteiger partial charge in [-0.2, -0.15) is 0 Å². The second-order valence-corrected chi connectivity index (χ2v) is 7.77. The third-order valence-corrected chi connectivity index (χ3v) is 6.03. The van der Waals surface area contributed by atoms with E-state index in [1.807, 2.05) is 28.8 Å². The van der Waals surface area contributed by atoms with Crippen LogP contribution in [0.4, 0.5) is 5.69 Å². The summed E-state index contributed by atoms with van der Waals surface area (Å²) in [6.07, 6.45) is 1.75. The molecule has 1 fully saturated rings. The Balaban J connectivity index is 1.64. The smallest absolute Gasteiger partial charge is 0.277 e. The van der Waals surface area contributed by atoms with Crippen molar-refractivity contribution in [3.8, 4) is 5.69 Å². The molecular weight excluding hydrogens is 402 g/mol. The zero-order valence-electron chi connectivity index (χ0n) is 17.5. The van der Waals surface area contributed by atoms with E-state index in [4.69, 9.17) is 16.4 Å². The molecule has 0 radical (unpaired) electrons. The van der Waals surface area contributed by atoms with E-state index in [1.165, 1.54) is 12.2 Å². The number of carbonyl (C=O) groups excluding carboxylic acids is 1. The number of hydroxylamine groups is 2. The number of amides is 1. The van der Waals surface area contributed by atoms with Gasteiger partial charge < -0.3 is 9.80 Å². The molecule has 0 aliphatic carbocycles. The van der Waals surface area contributed by atoms with Gasteiger partial charge in [-0.3, -0.25) is 14.2 Å². The van der Waals surface area contributed by atoms with Crippen LogP contribution in [0, 0.1) is 0 Å². The SMILES string of the molecule is CCN1CCN(c2ccc(-n3cnc4ccc(C(=O)N(C)OC)cc43)cc2Cl)CC1. The molecule has 0 bridgehead atoms. The molecule has 30 heavy (non-hydrogen) atoms. The van der Waals surface area contributed by atoms with Gasteiger partial charge in [-0.1, -0.05) is 18.5 Å². The number of piperazine rings is 1. The predicted octanol–water partition coefficient (Wildman–Crippen LogP) is 3.45. The number of fused-ring (bicyclic) bond motifs is 1. The second-order valence-electron chi connectivity index (χ2n) is 7.36. The maximum absolute atomic E-state index is 12.4. The molecule has 0 spiro atoms. The fourth-order valence-corrected chi connectivity index (χ4v) is 4.11. The molecule has 1 aliphatic rings. The highest BCUT2D eigenvalue weighted by atomic mass is 35.5. The Morgan fingerprint density at radius 2 is 1.93 bits per heavy atom. The van der Waals surface area contributed by atoms with Crippen molar-refractivity contribution in [3.63, 3.8) is 0 Å². The van der Waals surface area contributed by atoms with E-state index in [0.717, 1.165) is 55.1 Å². The average molecular weight is 428 g/mol. The lowest BCUT2D eigenvalue weighted by Gasteiger charge is -2.36. The van der Waals surface area contributed by atoms with Crippen LogP contribution >= 0.6 is 11.6 Å². The number of halogens is 1. The number of hydrogen-bond acceptors (Lipinski definition) is 5. The van der Waals surface area contributed by atoms with Crippen LogP contribution < -0.4 is 4.90 Å². The van der Waals surface area contributed by atoms with Crippen molar-refractivity contribution in [1.82, 2.24) is 19.5 Å². The molecule has 7 nitrogen and oxygen atoms in total. The molecule has 1 aromatic heterocycles. The maximum Gasteiger partial charge on any atom is 0.277 e. The summed E-state index contributed by atoms with van der Waals surface area (Å²) in [6, 6.07) is 11.5. The Morgan fingerprint density at radius 1 is 1.17 bits per heavy atom. The van der Waals surface area contributed by atoms with Gasteiger partial charge in [-0.25, -0.2) is 10.0 Å². The summed E-state index contributed by atoms with van der Waals surface area (Å²) >= 11 is 6.68. The Morgan fingerprint density at radius 3 is 2.60 bits per heavy atom. The fourth-order valence-electron chi connectivity index (χ4n) is 3.82. The van der Waals surface area contributed by atoms with Crippen molar-refractivity contribution in [2.24, 2.45) is 0 Å². The van der Waals surface area contributed by atoms with Crippen molar-refractivity contribution >= 4 is 34.2 Å². The number of hydrogen-bond donors (Lipinski definition) is 0. The van der Waals surface area contributed by atoms with E-state index in [2.05, 4.69) is 27.8 Å². The normalized spacial score (nSPS) is 15.0. The first-order valence-electron chi connectivity index (χ1n) is 10.1. The summed E-state index contributed by atoms with van der Waals surface area (Å²) in [5.41, 5.74) is 4.14. The van der Waals surface area contributed by atoms with Crippen molar-refractivity contribution in [1.29, 1.82) is 0 Å². The van der Waals surface area contributed by atoms with Crippen molar-refractivity contribution in [2.75, 3.05) is 51.8 Å². The Hall–Kier alpha value is -2.61. The molecule has 0 unspecified atom stereocenters. The van der Waals surface area contributed by atoms with Crippen LogP contribution in [0.15, 0.2) is 42.7 Å². The van der Waals surface area contributed by atoms with E-state index in [1.54, 1.807) is 19.4 Å². The van der Waals surface area contributed by atoms with Crippen LogP contribution in [0.5, 0.6) is 0 Å². The lowest BCUT2D eigenvalue weighted by Crippen LogP contribution is -2.46. The standard InChI is InChI=1S/C22H26ClN5O2/c1-4-26-9-11-27(12-10-26)20-8-6-17(14-18(20)23)28-15-24-19-7-5-16(13-21(19)28)22(29)25(2)30-3/h5-8,13-15H,4,9-12H2,1-3H3. The van der Waals surface area contributed by atoms with Gasteiger partial charge in [0.1, 0.15) is 6.33 Å². The fraction of sp³-hybridized carbons (Fsp3) is 0.364. The zero-order chi connectivity index (χ0) is 21.3. The summed E-state index contributed by atoms with van der Waals surface area (Å²) in [4.78, 5) is 26.7. The van der Waals surface area contributed by atoms with E-state index >= 15 is 0 Å². The number of rotatable bonds is 5. The number of likely N-dealkylation sites (N-methyl/N-ethyl adjacent to an activating group) is 1. The van der Waals surface area contributed by atoms with Gasteiger partial charge in [0.25, 0.3) is 5.91 Å². The molecule has 0 saturated carbocycles. The molecule has 2 aromatic carbocycles. The van der Waals surface area contributed by atoms with Gasteiger partial charge >= 0.3 is 0 Å². The van der Waals surface area contributed by atoms with Crippen LogP contribution in [-0.2, 0) is 4.84 Å². The highest BCUT2D eigenvalue weighted by molar-refractivity contribution is 6.33. The van der Waals surface area contributed by atoms with Gasteiger partial charge in [0.05, 0.1) is 28.9 Å². The number of benzene rings is 2. The minimum absolute atomic E-state index is 0.216. The molecule has 1 amide bonds. The molecule has 1 saturated heterocycles. The molecular formula is C22H26ClN5O2. The van der Waals surface area contributed by atoms with Crippen LogP contribution in [0.2, 0.25) is 5.02 Å². The van der Waals surface area contributed by atoms with E-state index in [0.29, 0.717) is 10.6 Å². The third kappa shape index (κ3) is 3.88. The van der Waals surface area contributed by atoms with Gasteiger partial charge in [-0.05, 0) is 42.9 Å². The maximum atomic E-state index is 12.4. The summed E-state index contributed by atoms with van der Waals surface area (Å²) < 4.78 is 1.95. The first kappa shape index (κ1) is 20.7. The molecule has 2 heterocycles. The van der Waals surface area contributed by atoms with E-state index < -0.39 is 0 Å². The number of aromatic nitrogens is 2. The van der Waals surface area contributed by atoms with E-state index in [9.17, 15) is 4.79 Å². The molecule has 158 valence electrons. The zero-order valence-corrected chi connectivity index (χ0v) is 18.3. The van der Waals surface area contributed by atoms with Crippen LogP contribution in [0.25, 0.3) is 16.7 Å². The van der Waals surface area contributed by atoms with Crippen LogP contribution in [0.1, 0.15) is 17.3 Å². The topological polar surface area (TPSA) is 53.8 Å². The van der Waals surface area contributed by atoms with Crippen molar-refractivity contribution < 1.29 is 9.63 Å². The number of nitrogens with zero attached hydrogens (tertiary/aromatic N) is 5. The quantitative estimate of drug-likeness (QED) is 0.584. The number of carbonyl (C=O) groups is 1. The molecule has 3 aromatic rings. The van der Waals surface area contributed by atoms with Crippen LogP contribution in [0.3, 0.4) is 0 Å². The van der Waals surface area contributed by atoms with Gasteiger partial charge in [0, 0.05) is 44.5 Å². The van der Waals surface area contributed by atoms with Gasteiger partial charge in [0.2, 0.25) is 0 Å². The number of anilines is 1. The third-order valence-electron chi connectivity index (χ3n) is 5.72. The molecule has 4 rings (SSSR count). The highest BCUT2D eigenvalue weighted by Crippen LogP contribution is 2.30. The Labute approximate surface area is 181 Å². The van der Waals surface area contributed by atoms with E-state index in [-0.39, 0.29) is 5.91 Å². The van der Waals surface area contributed by atoms with Gasteiger partial charge in [0.15, 0.2) is 0 Å². The Kier molecular flexibility index (Phi) is 5.94. The first-order chi connectivity index (χ1) is 14.5. The second kappa shape index (κ2) is 8.63. The van der Waals surface area contributed by atoms with Gasteiger partial charge in [-0.15, -0.1) is 0 Å². The Bertz CT molecular complexity index is 1060. The minimum Gasteiger partial charge on any atom is -0.368 e. The first-order valence-corrected chi connectivity index (χ1v) is 10.5. The molecule has 0 atom stereocenters. The number of imidazole rings is 1. The highest BCUT2D eigenvalue weighted by Gasteiger charge is 2.19.